The Morgan fingerprint density at radius 3 is 1.62 bits per heavy atom. The van der Waals surface area contributed by atoms with Crippen molar-refractivity contribution in [2.45, 2.75) is 13.0 Å². The maximum Gasteiger partial charge on any atom is 0.820 e. The molecule has 0 aromatic heterocycles. The first-order chi connectivity index (χ1) is 11.4. The molecule has 24 heavy (non-hydrogen) atoms. The van der Waals surface area contributed by atoms with Gasteiger partial charge < -0.3 is 34.9 Å². The highest BCUT2D eigenvalue weighted by molar-refractivity contribution is 6.55. The van der Waals surface area contributed by atoms with E-state index in [1.807, 2.05) is 6.92 Å². The van der Waals surface area contributed by atoms with E-state index < -0.39 is 9.05 Å². The van der Waals surface area contributed by atoms with Crippen LogP contribution in [0.25, 0.3) is 0 Å². The van der Waals surface area contributed by atoms with Crippen molar-refractivity contribution in [1.82, 2.24) is 0 Å². The van der Waals surface area contributed by atoms with E-state index in [1.165, 1.54) is 7.11 Å². The molecule has 7 nitrogen and oxygen atoms in total. The van der Waals surface area contributed by atoms with Crippen molar-refractivity contribution in [3.05, 3.63) is 48.5 Å². The van der Waals surface area contributed by atoms with E-state index in [2.05, 4.69) is 0 Å². The second-order valence-corrected chi connectivity index (χ2v) is 7.44. The second-order valence-electron chi connectivity index (χ2n) is 5.33. The molecule has 0 bridgehead atoms. The van der Waals surface area contributed by atoms with Gasteiger partial charge in [0, 0.05) is 24.5 Å². The van der Waals surface area contributed by atoms with Crippen LogP contribution in [0.15, 0.2) is 48.5 Å². The highest BCUT2D eigenvalue weighted by Crippen LogP contribution is 2.23. The average Bonchev–Trinajstić information content (AvgIpc) is 2.57. The van der Waals surface area contributed by atoms with Crippen LogP contribution in [0.3, 0.4) is 0 Å². The molecule has 0 radical (unpaired) electrons. The minimum atomic E-state index is -3.51. The molecular weight excluding hydrogens is 326 g/mol. The predicted molar refractivity (Wildman–Crippen MR) is 95.3 cm³/mol. The molecule has 0 amide bonds. The SMILES string of the molecule is CO[Si](OCC(C)N)(Oc1ccc(N)cc1)Oc1ccc(N)cc1. The molecule has 0 saturated heterocycles. The zero-order chi connectivity index (χ0) is 17.6. The number of hydrogen-bond acceptors (Lipinski definition) is 7. The molecule has 0 aliphatic carbocycles. The minimum Gasteiger partial charge on any atom is -0.471 e. The lowest BCUT2D eigenvalue weighted by atomic mass is 10.3. The molecule has 1 atom stereocenters. The molecule has 0 heterocycles. The van der Waals surface area contributed by atoms with Gasteiger partial charge in [-0.1, -0.05) is 0 Å². The van der Waals surface area contributed by atoms with Crippen LogP contribution in [0.5, 0.6) is 11.5 Å². The van der Waals surface area contributed by atoms with Gasteiger partial charge in [0.25, 0.3) is 0 Å². The molecule has 0 spiro atoms. The van der Waals surface area contributed by atoms with E-state index in [1.54, 1.807) is 48.5 Å². The fourth-order valence-electron chi connectivity index (χ4n) is 1.82. The van der Waals surface area contributed by atoms with Gasteiger partial charge in [-0.25, -0.2) is 0 Å². The fourth-order valence-corrected chi connectivity index (χ4v) is 3.58. The smallest absolute Gasteiger partial charge is 0.471 e. The van der Waals surface area contributed by atoms with Crippen LogP contribution in [-0.2, 0) is 8.85 Å². The van der Waals surface area contributed by atoms with E-state index in [-0.39, 0.29) is 12.6 Å². The van der Waals surface area contributed by atoms with E-state index in [0.29, 0.717) is 22.9 Å². The summed E-state index contributed by atoms with van der Waals surface area (Å²) in [4.78, 5) is 0. The molecule has 6 N–H and O–H groups in total. The molecule has 2 aromatic rings. The van der Waals surface area contributed by atoms with Crippen LogP contribution in [0, 0.1) is 0 Å². The number of rotatable bonds is 8. The first kappa shape index (κ1) is 18.1. The Bertz CT molecular complexity index is 587. The number of hydrogen-bond donors (Lipinski definition) is 3. The number of nitrogens with two attached hydrogens (primary N) is 3. The van der Waals surface area contributed by atoms with Crippen molar-refractivity contribution in [2.24, 2.45) is 5.73 Å². The summed E-state index contributed by atoms with van der Waals surface area (Å²) >= 11 is 0. The highest BCUT2D eigenvalue weighted by Gasteiger charge is 2.51. The minimum absolute atomic E-state index is 0.197. The largest absolute Gasteiger partial charge is 0.820 e. The molecule has 0 aliphatic heterocycles. The lowest BCUT2D eigenvalue weighted by molar-refractivity contribution is 0.0565. The summed E-state index contributed by atoms with van der Waals surface area (Å²) in [5.74, 6) is 1.05. The van der Waals surface area contributed by atoms with Gasteiger partial charge in [-0.3, -0.25) is 0 Å². The van der Waals surface area contributed by atoms with Crippen LogP contribution in [-0.4, -0.2) is 28.8 Å². The van der Waals surface area contributed by atoms with E-state index in [4.69, 9.17) is 34.9 Å². The van der Waals surface area contributed by atoms with Crippen molar-refractivity contribution in [2.75, 3.05) is 25.2 Å². The van der Waals surface area contributed by atoms with Gasteiger partial charge in [-0.2, -0.15) is 0 Å². The van der Waals surface area contributed by atoms with Crippen LogP contribution < -0.4 is 26.1 Å². The van der Waals surface area contributed by atoms with E-state index in [9.17, 15) is 0 Å². The summed E-state index contributed by atoms with van der Waals surface area (Å²) in [7, 11) is -2.04. The fraction of sp³-hybridized carbons (Fsp3) is 0.250. The Labute approximate surface area is 142 Å². The standard InChI is InChI=1S/C16H23N3O4Si/c1-12(17)11-21-24(20-2,22-15-7-3-13(18)4-8-15)23-16-9-5-14(19)6-10-16/h3-10,12H,11,17-19H2,1-2H3. The quantitative estimate of drug-likeness (QED) is 0.491. The van der Waals surface area contributed by atoms with Crippen molar-refractivity contribution in [1.29, 1.82) is 0 Å². The molecule has 0 saturated carbocycles. The second kappa shape index (κ2) is 8.02. The third-order valence-corrected chi connectivity index (χ3v) is 5.01. The van der Waals surface area contributed by atoms with Gasteiger partial charge in [-0.15, -0.1) is 0 Å². The lowest BCUT2D eigenvalue weighted by Crippen LogP contribution is -2.55. The predicted octanol–water partition coefficient (Wildman–Crippen LogP) is 1.75. The van der Waals surface area contributed by atoms with Crippen LogP contribution >= 0.6 is 0 Å². The monoisotopic (exact) mass is 349 g/mol. The van der Waals surface area contributed by atoms with Gasteiger partial charge in [0.2, 0.25) is 0 Å². The molecule has 0 aliphatic rings. The molecular formula is C16H23N3O4Si. The summed E-state index contributed by atoms with van der Waals surface area (Å²) in [6.07, 6.45) is 0. The van der Waals surface area contributed by atoms with Crippen LogP contribution in [0.2, 0.25) is 0 Å². The number of nitrogen functional groups attached to an aromatic ring is 2. The summed E-state index contributed by atoms with van der Waals surface area (Å²) < 4.78 is 23.1. The van der Waals surface area contributed by atoms with Gasteiger partial charge in [-0.05, 0) is 55.5 Å². The van der Waals surface area contributed by atoms with Gasteiger partial charge in [0.1, 0.15) is 11.5 Å². The van der Waals surface area contributed by atoms with Gasteiger partial charge in [0.05, 0.1) is 6.61 Å². The zero-order valence-electron chi connectivity index (χ0n) is 13.8. The summed E-state index contributed by atoms with van der Waals surface area (Å²) in [5, 5.41) is 0. The Morgan fingerprint density at radius 2 is 1.29 bits per heavy atom. The summed E-state index contributed by atoms with van der Waals surface area (Å²) in [5.41, 5.74) is 18.4. The first-order valence-corrected chi connectivity index (χ1v) is 9.09. The Morgan fingerprint density at radius 1 is 0.875 bits per heavy atom. The van der Waals surface area contributed by atoms with Crippen LogP contribution in [0.4, 0.5) is 11.4 Å². The highest BCUT2D eigenvalue weighted by atomic mass is 28.4. The molecule has 2 aromatic carbocycles. The molecule has 1 unspecified atom stereocenters. The molecule has 8 heteroatoms. The maximum atomic E-state index is 5.92. The Balaban J connectivity index is 2.24. The van der Waals surface area contributed by atoms with E-state index >= 15 is 0 Å². The van der Waals surface area contributed by atoms with Crippen molar-refractivity contribution < 1.29 is 17.7 Å². The van der Waals surface area contributed by atoms with Crippen molar-refractivity contribution in [3.8, 4) is 11.5 Å². The average molecular weight is 349 g/mol. The topological polar surface area (TPSA) is 115 Å². The first-order valence-electron chi connectivity index (χ1n) is 7.46. The summed E-state index contributed by atoms with van der Waals surface area (Å²) in [6, 6.07) is 13.6. The number of benzene rings is 2. The van der Waals surface area contributed by atoms with Crippen molar-refractivity contribution in [3.63, 3.8) is 0 Å². The molecule has 130 valence electrons. The third-order valence-electron chi connectivity index (χ3n) is 3.02. The third kappa shape index (κ3) is 5.13. The molecule has 0 fully saturated rings. The van der Waals surface area contributed by atoms with Gasteiger partial charge in [0.15, 0.2) is 0 Å². The number of anilines is 2. The maximum absolute atomic E-state index is 5.92. The van der Waals surface area contributed by atoms with E-state index in [0.717, 1.165) is 0 Å². The normalized spacial score (nSPS) is 12.6. The van der Waals surface area contributed by atoms with Gasteiger partial charge >= 0.3 is 9.05 Å². The van der Waals surface area contributed by atoms with Crippen LogP contribution in [0.1, 0.15) is 6.92 Å². The zero-order valence-corrected chi connectivity index (χ0v) is 14.8. The van der Waals surface area contributed by atoms with Crippen molar-refractivity contribution >= 4 is 20.4 Å². The molecule has 2 rings (SSSR count). The Kier molecular flexibility index (Phi) is 6.04. The summed E-state index contributed by atoms with van der Waals surface area (Å²) in [6.45, 7) is 2.05. The lowest BCUT2D eigenvalue weighted by Gasteiger charge is -2.27. The Hall–Kier alpha value is -2.26.